The van der Waals surface area contributed by atoms with Gasteiger partial charge in [-0.25, -0.2) is 4.68 Å². The zero-order valence-electron chi connectivity index (χ0n) is 10.2. The molecule has 19 heavy (non-hydrogen) atoms. The number of azide groups is 1. The molecule has 3 rings (SSSR count). The van der Waals surface area contributed by atoms with Crippen molar-refractivity contribution in [2.24, 2.45) is 5.11 Å². The molecule has 7 heteroatoms. The number of halogens is 1. The Hall–Kier alpha value is -1.56. The Bertz CT molecular complexity index is 655. The van der Waals surface area contributed by atoms with Crippen LogP contribution in [0.3, 0.4) is 0 Å². The highest BCUT2D eigenvalue weighted by Gasteiger charge is 2.20. The Kier molecular flexibility index (Phi) is 3.42. The molecule has 1 saturated heterocycles. The monoisotopic (exact) mass is 321 g/mol. The molecule has 1 unspecified atom stereocenters. The fourth-order valence-electron chi connectivity index (χ4n) is 2.34. The molecule has 2 heterocycles. The van der Waals surface area contributed by atoms with E-state index in [1.807, 2.05) is 16.8 Å². The summed E-state index contributed by atoms with van der Waals surface area (Å²) in [4.78, 5) is 2.80. The summed E-state index contributed by atoms with van der Waals surface area (Å²) in [6.45, 7) is 0.778. The normalized spacial score (nSPS) is 19.3. The van der Waals surface area contributed by atoms with E-state index < -0.39 is 0 Å². The van der Waals surface area contributed by atoms with Crippen LogP contribution >= 0.6 is 15.9 Å². The first-order chi connectivity index (χ1) is 9.29. The Morgan fingerprint density at radius 2 is 2.37 bits per heavy atom. The van der Waals surface area contributed by atoms with E-state index in [1.54, 1.807) is 6.07 Å². The van der Waals surface area contributed by atoms with Crippen molar-refractivity contribution in [1.29, 1.82) is 0 Å². The quantitative estimate of drug-likeness (QED) is 0.465. The largest absolute Gasteiger partial charge is 0.356 e. The van der Waals surface area contributed by atoms with Gasteiger partial charge >= 0.3 is 0 Å². The summed E-state index contributed by atoms with van der Waals surface area (Å²) >= 11 is 3.45. The average molecular weight is 322 g/mol. The van der Waals surface area contributed by atoms with Crippen molar-refractivity contribution < 1.29 is 4.74 Å². The van der Waals surface area contributed by atoms with Gasteiger partial charge in [-0.2, -0.15) is 5.10 Å². The molecule has 0 radical (unpaired) electrons. The Morgan fingerprint density at radius 3 is 3.11 bits per heavy atom. The molecule has 98 valence electrons. The molecule has 0 saturated carbocycles. The predicted molar refractivity (Wildman–Crippen MR) is 75.1 cm³/mol. The van der Waals surface area contributed by atoms with Gasteiger partial charge in [-0.05, 0) is 52.9 Å². The van der Waals surface area contributed by atoms with Crippen molar-refractivity contribution >= 4 is 32.5 Å². The van der Waals surface area contributed by atoms with Crippen LogP contribution in [0, 0.1) is 0 Å². The topological polar surface area (TPSA) is 75.8 Å². The van der Waals surface area contributed by atoms with E-state index in [1.165, 1.54) is 0 Å². The molecule has 0 N–H and O–H groups in total. The molecule has 0 spiro atoms. The van der Waals surface area contributed by atoms with Gasteiger partial charge in [-0.3, -0.25) is 0 Å². The lowest BCUT2D eigenvalue weighted by Gasteiger charge is -2.23. The summed E-state index contributed by atoms with van der Waals surface area (Å²) in [6.07, 6.45) is 3.23. The smallest absolute Gasteiger partial charge is 0.150 e. The Morgan fingerprint density at radius 1 is 1.47 bits per heavy atom. The maximum Gasteiger partial charge on any atom is 0.150 e. The van der Waals surface area contributed by atoms with Crippen LogP contribution in [-0.4, -0.2) is 16.4 Å². The van der Waals surface area contributed by atoms with Crippen molar-refractivity contribution in [2.45, 2.75) is 25.5 Å². The van der Waals surface area contributed by atoms with Crippen LogP contribution in [0.15, 0.2) is 27.9 Å². The minimum Gasteiger partial charge on any atom is -0.356 e. The highest BCUT2D eigenvalue weighted by Crippen LogP contribution is 2.32. The second kappa shape index (κ2) is 5.21. The maximum atomic E-state index is 8.48. The molecule has 0 amide bonds. The highest BCUT2D eigenvalue weighted by atomic mass is 79.9. The van der Waals surface area contributed by atoms with Crippen molar-refractivity contribution in [3.05, 3.63) is 33.2 Å². The fourth-order valence-corrected chi connectivity index (χ4v) is 2.83. The van der Waals surface area contributed by atoms with Crippen LogP contribution in [0.2, 0.25) is 0 Å². The Balaban J connectivity index is 2.08. The molecule has 1 aromatic carbocycles. The fraction of sp³-hybridized carbons (Fsp3) is 0.417. The van der Waals surface area contributed by atoms with E-state index in [4.69, 9.17) is 10.3 Å². The number of hydrogen-bond acceptors (Lipinski definition) is 3. The van der Waals surface area contributed by atoms with Crippen LogP contribution in [0.5, 0.6) is 0 Å². The number of aromatic nitrogens is 2. The second-order valence-corrected chi connectivity index (χ2v) is 5.20. The number of ether oxygens (including phenoxy) is 1. The molecular formula is C12H12BrN5O. The van der Waals surface area contributed by atoms with Crippen LogP contribution in [0.1, 0.15) is 25.5 Å². The van der Waals surface area contributed by atoms with Crippen LogP contribution in [0.4, 0.5) is 5.69 Å². The summed E-state index contributed by atoms with van der Waals surface area (Å²) in [7, 11) is 0. The lowest BCUT2D eigenvalue weighted by atomic mass is 10.2. The lowest BCUT2D eigenvalue weighted by Crippen LogP contribution is -2.18. The molecule has 6 nitrogen and oxygen atoms in total. The Labute approximate surface area is 118 Å². The van der Waals surface area contributed by atoms with Crippen LogP contribution in [-0.2, 0) is 4.74 Å². The van der Waals surface area contributed by atoms with Gasteiger partial charge in [0.1, 0.15) is 4.60 Å². The first-order valence-corrected chi connectivity index (χ1v) is 6.93. The van der Waals surface area contributed by atoms with E-state index in [0.717, 1.165) is 41.4 Å². The minimum absolute atomic E-state index is 0.00660. The second-order valence-electron chi connectivity index (χ2n) is 4.45. The van der Waals surface area contributed by atoms with Gasteiger partial charge in [0.15, 0.2) is 6.23 Å². The van der Waals surface area contributed by atoms with Crippen molar-refractivity contribution in [3.63, 3.8) is 0 Å². The first-order valence-electron chi connectivity index (χ1n) is 6.14. The predicted octanol–water partition coefficient (Wildman–Crippen LogP) is 4.44. The van der Waals surface area contributed by atoms with Gasteiger partial charge in [0.25, 0.3) is 0 Å². The maximum absolute atomic E-state index is 8.48. The third kappa shape index (κ3) is 2.32. The molecule has 1 aliphatic heterocycles. The van der Waals surface area contributed by atoms with Gasteiger partial charge in [-0.1, -0.05) is 11.2 Å². The molecule has 1 aromatic heterocycles. The summed E-state index contributed by atoms with van der Waals surface area (Å²) in [5, 5.41) is 9.03. The third-order valence-corrected chi connectivity index (χ3v) is 3.82. The molecular weight excluding hydrogens is 310 g/mol. The minimum atomic E-state index is -0.00660. The van der Waals surface area contributed by atoms with Crippen LogP contribution < -0.4 is 0 Å². The van der Waals surface area contributed by atoms with Gasteiger partial charge in [0, 0.05) is 22.6 Å². The zero-order valence-corrected chi connectivity index (χ0v) is 11.7. The standard InChI is InChI=1S/C12H12BrN5O/c13-12-9-7-8(15-17-14)4-5-10(9)18(16-12)11-3-1-2-6-19-11/h4-5,7,11H,1-3,6H2. The average Bonchev–Trinajstić information content (AvgIpc) is 2.78. The van der Waals surface area contributed by atoms with Gasteiger partial charge in [0.05, 0.1) is 5.52 Å². The number of hydrogen-bond donors (Lipinski definition) is 0. The lowest BCUT2D eigenvalue weighted by molar-refractivity contribution is -0.0368. The number of benzene rings is 1. The first kappa shape index (κ1) is 12.5. The molecule has 1 atom stereocenters. The summed E-state index contributed by atoms with van der Waals surface area (Å²) in [5.41, 5.74) is 10.0. The van der Waals surface area contributed by atoms with Crippen molar-refractivity contribution in [2.75, 3.05) is 6.61 Å². The molecule has 0 bridgehead atoms. The van der Waals surface area contributed by atoms with Gasteiger partial charge in [0.2, 0.25) is 0 Å². The van der Waals surface area contributed by atoms with E-state index in [2.05, 4.69) is 31.1 Å². The number of rotatable bonds is 2. The van der Waals surface area contributed by atoms with Gasteiger partial charge < -0.3 is 4.74 Å². The molecule has 0 aliphatic carbocycles. The van der Waals surface area contributed by atoms with E-state index in [-0.39, 0.29) is 6.23 Å². The van der Waals surface area contributed by atoms with Gasteiger partial charge in [-0.15, -0.1) is 0 Å². The SMILES string of the molecule is [N-]=[N+]=Nc1ccc2c(c1)c(Br)nn2C1CCCCO1. The number of fused-ring (bicyclic) bond motifs is 1. The zero-order chi connectivity index (χ0) is 13.2. The van der Waals surface area contributed by atoms with Crippen molar-refractivity contribution in [1.82, 2.24) is 9.78 Å². The summed E-state index contributed by atoms with van der Waals surface area (Å²) < 4.78 is 8.40. The van der Waals surface area contributed by atoms with E-state index in [0.29, 0.717) is 5.69 Å². The highest BCUT2D eigenvalue weighted by molar-refractivity contribution is 9.10. The third-order valence-electron chi connectivity index (χ3n) is 3.23. The number of nitrogens with zero attached hydrogens (tertiary/aromatic N) is 5. The molecule has 1 fully saturated rings. The summed E-state index contributed by atoms with van der Waals surface area (Å²) in [6, 6.07) is 5.52. The van der Waals surface area contributed by atoms with Crippen molar-refractivity contribution in [3.8, 4) is 0 Å². The molecule has 1 aliphatic rings. The van der Waals surface area contributed by atoms with E-state index in [9.17, 15) is 0 Å². The summed E-state index contributed by atoms with van der Waals surface area (Å²) in [5.74, 6) is 0. The molecule has 2 aromatic rings. The van der Waals surface area contributed by atoms with Crippen LogP contribution in [0.25, 0.3) is 21.3 Å². The van der Waals surface area contributed by atoms with E-state index >= 15 is 0 Å².